The Morgan fingerprint density at radius 2 is 2.24 bits per heavy atom. The SMILES string of the molecule is NC(c1nc(-c2cccc(O)c2)no1)C1CC1. The number of rotatable bonds is 3. The molecule has 0 saturated heterocycles. The van der Waals surface area contributed by atoms with E-state index in [9.17, 15) is 5.11 Å². The Balaban J connectivity index is 1.89. The zero-order chi connectivity index (χ0) is 11.8. The van der Waals surface area contributed by atoms with Crippen LogP contribution in [0.2, 0.25) is 0 Å². The summed E-state index contributed by atoms with van der Waals surface area (Å²) in [6.07, 6.45) is 2.26. The van der Waals surface area contributed by atoms with Crippen LogP contribution < -0.4 is 5.73 Å². The number of nitrogens with two attached hydrogens (primary N) is 1. The van der Waals surface area contributed by atoms with Gasteiger partial charge in [0, 0.05) is 5.56 Å². The number of phenols is 1. The molecule has 1 fully saturated rings. The fourth-order valence-corrected chi connectivity index (χ4v) is 1.79. The van der Waals surface area contributed by atoms with Crippen LogP contribution >= 0.6 is 0 Å². The summed E-state index contributed by atoms with van der Waals surface area (Å²) in [6, 6.07) is 6.59. The summed E-state index contributed by atoms with van der Waals surface area (Å²) in [6.45, 7) is 0. The molecule has 0 aliphatic heterocycles. The first-order valence-corrected chi connectivity index (χ1v) is 5.62. The first-order valence-electron chi connectivity index (χ1n) is 5.62. The second kappa shape index (κ2) is 3.85. The molecule has 1 aromatic carbocycles. The third-order valence-corrected chi connectivity index (χ3v) is 2.96. The molecule has 1 saturated carbocycles. The maximum absolute atomic E-state index is 9.38. The second-order valence-electron chi connectivity index (χ2n) is 4.37. The monoisotopic (exact) mass is 231 g/mol. The van der Waals surface area contributed by atoms with Crippen LogP contribution in [0, 0.1) is 5.92 Å². The van der Waals surface area contributed by atoms with Gasteiger partial charge in [0.1, 0.15) is 5.75 Å². The normalized spacial score (nSPS) is 17.0. The van der Waals surface area contributed by atoms with E-state index in [1.165, 1.54) is 0 Å². The van der Waals surface area contributed by atoms with E-state index in [4.69, 9.17) is 10.3 Å². The van der Waals surface area contributed by atoms with Crippen molar-refractivity contribution in [1.82, 2.24) is 10.1 Å². The van der Waals surface area contributed by atoms with Gasteiger partial charge in [0.2, 0.25) is 11.7 Å². The van der Waals surface area contributed by atoms with Crippen molar-refractivity contribution in [3.05, 3.63) is 30.2 Å². The Labute approximate surface area is 98.3 Å². The van der Waals surface area contributed by atoms with E-state index >= 15 is 0 Å². The summed E-state index contributed by atoms with van der Waals surface area (Å²) in [5.74, 6) is 1.60. The number of benzene rings is 1. The molecule has 0 radical (unpaired) electrons. The van der Waals surface area contributed by atoms with Gasteiger partial charge in [-0.05, 0) is 30.9 Å². The molecule has 1 atom stereocenters. The van der Waals surface area contributed by atoms with Gasteiger partial charge in [0.15, 0.2) is 0 Å². The second-order valence-corrected chi connectivity index (χ2v) is 4.37. The first kappa shape index (κ1) is 10.3. The maximum Gasteiger partial charge on any atom is 0.244 e. The van der Waals surface area contributed by atoms with Crippen molar-refractivity contribution in [2.75, 3.05) is 0 Å². The van der Waals surface area contributed by atoms with Crippen molar-refractivity contribution in [1.29, 1.82) is 0 Å². The quantitative estimate of drug-likeness (QED) is 0.842. The molecule has 5 heteroatoms. The molecule has 1 aromatic heterocycles. The molecule has 1 unspecified atom stereocenters. The lowest BCUT2D eigenvalue weighted by atomic mass is 10.2. The van der Waals surface area contributed by atoms with E-state index in [0.29, 0.717) is 17.6 Å². The van der Waals surface area contributed by atoms with Gasteiger partial charge in [0.05, 0.1) is 6.04 Å². The van der Waals surface area contributed by atoms with Crippen LogP contribution in [0.3, 0.4) is 0 Å². The van der Waals surface area contributed by atoms with Gasteiger partial charge in [-0.2, -0.15) is 4.98 Å². The zero-order valence-corrected chi connectivity index (χ0v) is 9.21. The van der Waals surface area contributed by atoms with E-state index in [0.717, 1.165) is 18.4 Å². The Kier molecular flexibility index (Phi) is 2.33. The smallest absolute Gasteiger partial charge is 0.244 e. The maximum atomic E-state index is 9.38. The fraction of sp³-hybridized carbons (Fsp3) is 0.333. The average molecular weight is 231 g/mol. The molecule has 17 heavy (non-hydrogen) atoms. The van der Waals surface area contributed by atoms with Gasteiger partial charge in [-0.15, -0.1) is 0 Å². The molecular weight excluding hydrogens is 218 g/mol. The van der Waals surface area contributed by atoms with E-state index in [2.05, 4.69) is 10.1 Å². The van der Waals surface area contributed by atoms with Gasteiger partial charge < -0.3 is 15.4 Å². The predicted octanol–water partition coefficient (Wildman–Crippen LogP) is 1.85. The molecule has 1 aliphatic carbocycles. The van der Waals surface area contributed by atoms with Gasteiger partial charge in [-0.1, -0.05) is 17.3 Å². The van der Waals surface area contributed by atoms with Crippen LogP contribution in [0.1, 0.15) is 24.8 Å². The lowest BCUT2D eigenvalue weighted by molar-refractivity contribution is 0.343. The van der Waals surface area contributed by atoms with E-state index in [1.54, 1.807) is 18.2 Å². The van der Waals surface area contributed by atoms with Gasteiger partial charge >= 0.3 is 0 Å². The molecule has 3 rings (SSSR count). The molecule has 2 aromatic rings. The van der Waals surface area contributed by atoms with Crippen LogP contribution in [0.4, 0.5) is 0 Å². The Bertz CT molecular complexity index is 534. The number of nitrogens with zero attached hydrogens (tertiary/aromatic N) is 2. The highest BCUT2D eigenvalue weighted by Crippen LogP contribution is 2.39. The molecule has 3 N–H and O–H groups in total. The van der Waals surface area contributed by atoms with Crippen molar-refractivity contribution < 1.29 is 9.63 Å². The van der Waals surface area contributed by atoms with Crippen molar-refractivity contribution in [3.8, 4) is 17.1 Å². The summed E-state index contributed by atoms with van der Waals surface area (Å²) in [5, 5.41) is 13.3. The van der Waals surface area contributed by atoms with Crippen LogP contribution in [-0.2, 0) is 0 Å². The lowest BCUT2D eigenvalue weighted by Gasteiger charge is -2.01. The number of aromatic nitrogens is 2. The predicted molar refractivity (Wildman–Crippen MR) is 61.1 cm³/mol. The number of hydrogen-bond donors (Lipinski definition) is 2. The molecule has 1 heterocycles. The van der Waals surface area contributed by atoms with Crippen LogP contribution in [0.25, 0.3) is 11.4 Å². The van der Waals surface area contributed by atoms with Crippen molar-refractivity contribution in [2.24, 2.45) is 11.7 Å². The summed E-state index contributed by atoms with van der Waals surface area (Å²) in [7, 11) is 0. The van der Waals surface area contributed by atoms with Crippen LogP contribution in [0.15, 0.2) is 28.8 Å². The Hall–Kier alpha value is -1.88. The zero-order valence-electron chi connectivity index (χ0n) is 9.21. The van der Waals surface area contributed by atoms with Crippen LogP contribution in [-0.4, -0.2) is 15.2 Å². The molecular formula is C12H13N3O2. The van der Waals surface area contributed by atoms with E-state index in [-0.39, 0.29) is 11.8 Å². The Morgan fingerprint density at radius 3 is 2.94 bits per heavy atom. The fourth-order valence-electron chi connectivity index (χ4n) is 1.79. The van der Waals surface area contributed by atoms with Crippen LogP contribution in [0.5, 0.6) is 5.75 Å². The highest BCUT2D eigenvalue weighted by Gasteiger charge is 2.33. The summed E-state index contributed by atoms with van der Waals surface area (Å²) in [5.41, 5.74) is 6.70. The largest absolute Gasteiger partial charge is 0.508 e. The summed E-state index contributed by atoms with van der Waals surface area (Å²) < 4.78 is 5.15. The standard InChI is InChI=1S/C12H13N3O2/c13-10(7-4-5-7)12-14-11(15-17-12)8-2-1-3-9(16)6-8/h1-3,6-7,10,16H,4-5,13H2. The van der Waals surface area contributed by atoms with E-state index in [1.807, 2.05) is 6.07 Å². The number of phenolic OH excluding ortho intramolecular Hbond substituents is 1. The molecule has 1 aliphatic rings. The topological polar surface area (TPSA) is 85.2 Å². The van der Waals surface area contributed by atoms with Gasteiger partial charge in [-0.3, -0.25) is 0 Å². The molecule has 0 amide bonds. The molecule has 5 nitrogen and oxygen atoms in total. The highest BCUT2D eigenvalue weighted by molar-refractivity contribution is 5.56. The first-order chi connectivity index (χ1) is 8.24. The third kappa shape index (κ3) is 2.01. The number of hydrogen-bond acceptors (Lipinski definition) is 5. The highest BCUT2D eigenvalue weighted by atomic mass is 16.5. The summed E-state index contributed by atoms with van der Waals surface area (Å²) >= 11 is 0. The molecule has 0 bridgehead atoms. The van der Waals surface area contributed by atoms with Crippen molar-refractivity contribution in [3.63, 3.8) is 0 Å². The van der Waals surface area contributed by atoms with Gasteiger partial charge in [0.25, 0.3) is 0 Å². The number of aromatic hydroxyl groups is 1. The minimum atomic E-state index is -0.159. The minimum Gasteiger partial charge on any atom is -0.508 e. The average Bonchev–Trinajstić information content (AvgIpc) is 3.05. The Morgan fingerprint density at radius 1 is 1.41 bits per heavy atom. The third-order valence-electron chi connectivity index (χ3n) is 2.96. The van der Waals surface area contributed by atoms with Gasteiger partial charge in [-0.25, -0.2) is 0 Å². The lowest BCUT2D eigenvalue weighted by Crippen LogP contribution is -2.12. The van der Waals surface area contributed by atoms with Crippen molar-refractivity contribution >= 4 is 0 Å². The van der Waals surface area contributed by atoms with Crippen molar-refractivity contribution in [2.45, 2.75) is 18.9 Å². The molecule has 88 valence electrons. The minimum absolute atomic E-state index is 0.159. The van der Waals surface area contributed by atoms with E-state index < -0.39 is 0 Å². The molecule has 0 spiro atoms. The summed E-state index contributed by atoms with van der Waals surface area (Å²) in [4.78, 5) is 4.27.